The fraction of sp³-hybridized carbons (Fsp3) is 0.154. The van der Waals surface area contributed by atoms with Crippen LogP contribution in [-0.4, -0.2) is 29.0 Å². The van der Waals surface area contributed by atoms with Gasteiger partial charge < -0.3 is 25.9 Å². The smallest absolute Gasteiger partial charge is 0.321 e. The van der Waals surface area contributed by atoms with Gasteiger partial charge in [-0.3, -0.25) is 4.79 Å². The number of carbonyl (C=O) groups is 1. The average molecular weight is 290 g/mol. The van der Waals surface area contributed by atoms with Gasteiger partial charge in [0.15, 0.2) is 5.69 Å². The van der Waals surface area contributed by atoms with Crippen LogP contribution in [0.15, 0.2) is 36.4 Å². The van der Waals surface area contributed by atoms with E-state index in [-0.39, 0.29) is 24.7 Å². The van der Waals surface area contributed by atoms with Crippen molar-refractivity contribution >= 4 is 17.4 Å². The number of benzene rings is 1. The third-order valence-corrected chi connectivity index (χ3v) is 2.63. The molecule has 0 saturated heterocycles. The number of amides is 1. The lowest BCUT2D eigenvalue weighted by Crippen LogP contribution is -2.28. The number of H-pyrrole nitrogens is 1. The van der Waals surface area contributed by atoms with Gasteiger partial charge in [-0.15, -0.1) is 0 Å². The Balaban J connectivity index is 1.77. The van der Waals surface area contributed by atoms with Crippen molar-refractivity contribution in [1.29, 1.82) is 0 Å². The molecule has 0 spiro atoms. The van der Waals surface area contributed by atoms with Crippen LogP contribution in [0, 0.1) is 10.1 Å². The average Bonchev–Trinajstić information content (AvgIpc) is 2.93. The second-order valence-corrected chi connectivity index (χ2v) is 4.19. The van der Waals surface area contributed by atoms with Crippen LogP contribution < -0.4 is 15.8 Å². The SMILES string of the molecule is Nc1cccc(OCCNC(=O)c2ccc([N+](=O)[O-])[nH]2)c1. The minimum Gasteiger partial charge on any atom is -0.492 e. The molecule has 1 heterocycles. The molecule has 1 aromatic carbocycles. The number of hydrogen-bond acceptors (Lipinski definition) is 5. The standard InChI is InChI=1S/C13H14N4O4/c14-9-2-1-3-10(8-9)21-7-6-15-13(18)11-4-5-12(16-11)17(19)20/h1-5,8,16H,6-7,14H2,(H,15,18). The van der Waals surface area contributed by atoms with Crippen LogP contribution >= 0.6 is 0 Å². The maximum atomic E-state index is 11.7. The molecule has 0 fully saturated rings. The number of nitrogen functional groups attached to an aromatic ring is 1. The number of ether oxygens (including phenoxy) is 1. The maximum absolute atomic E-state index is 11.7. The van der Waals surface area contributed by atoms with Gasteiger partial charge >= 0.3 is 5.82 Å². The van der Waals surface area contributed by atoms with E-state index in [4.69, 9.17) is 10.5 Å². The minimum atomic E-state index is -0.598. The Kier molecular flexibility index (Phi) is 4.39. The lowest BCUT2D eigenvalue weighted by molar-refractivity contribution is -0.389. The van der Waals surface area contributed by atoms with Crippen molar-refractivity contribution in [2.24, 2.45) is 0 Å². The summed E-state index contributed by atoms with van der Waals surface area (Å²) in [5.41, 5.74) is 6.33. The molecule has 1 aromatic heterocycles. The second-order valence-electron chi connectivity index (χ2n) is 4.19. The Labute approximate surface area is 120 Å². The normalized spacial score (nSPS) is 10.1. The number of hydrogen-bond donors (Lipinski definition) is 3. The van der Waals surface area contributed by atoms with Crippen LogP contribution in [0.3, 0.4) is 0 Å². The van der Waals surface area contributed by atoms with Gasteiger partial charge in [-0.05, 0) is 23.1 Å². The molecule has 0 saturated carbocycles. The van der Waals surface area contributed by atoms with E-state index < -0.39 is 10.8 Å². The molecule has 0 aliphatic carbocycles. The third-order valence-electron chi connectivity index (χ3n) is 2.63. The van der Waals surface area contributed by atoms with Gasteiger partial charge in [0.05, 0.1) is 6.54 Å². The summed E-state index contributed by atoms with van der Waals surface area (Å²) in [5, 5.41) is 13.1. The Morgan fingerprint density at radius 3 is 2.86 bits per heavy atom. The van der Waals surface area contributed by atoms with E-state index in [0.29, 0.717) is 11.4 Å². The molecule has 110 valence electrons. The molecule has 21 heavy (non-hydrogen) atoms. The first-order valence-electron chi connectivity index (χ1n) is 6.16. The van der Waals surface area contributed by atoms with Gasteiger partial charge in [0.2, 0.25) is 0 Å². The van der Waals surface area contributed by atoms with Gasteiger partial charge in [-0.1, -0.05) is 6.07 Å². The topological polar surface area (TPSA) is 123 Å². The summed E-state index contributed by atoms with van der Waals surface area (Å²) in [6.07, 6.45) is 0. The lowest BCUT2D eigenvalue weighted by atomic mass is 10.3. The molecule has 0 aliphatic rings. The zero-order chi connectivity index (χ0) is 15.2. The summed E-state index contributed by atoms with van der Waals surface area (Å²) in [6, 6.07) is 9.53. The number of anilines is 1. The molecular formula is C13H14N4O4. The fourth-order valence-corrected chi connectivity index (χ4v) is 1.66. The van der Waals surface area contributed by atoms with E-state index >= 15 is 0 Å². The first-order valence-corrected chi connectivity index (χ1v) is 6.16. The third kappa shape index (κ3) is 3.96. The predicted molar refractivity (Wildman–Crippen MR) is 76.1 cm³/mol. The largest absolute Gasteiger partial charge is 0.492 e. The second kappa shape index (κ2) is 6.42. The molecule has 1 amide bonds. The molecule has 2 rings (SSSR count). The van der Waals surface area contributed by atoms with Crippen LogP contribution in [0.2, 0.25) is 0 Å². The number of nitrogens with two attached hydrogens (primary N) is 1. The predicted octanol–water partition coefficient (Wildman–Crippen LogP) is 1.31. The van der Waals surface area contributed by atoms with E-state index in [0.717, 1.165) is 0 Å². The van der Waals surface area contributed by atoms with Crippen LogP contribution in [0.5, 0.6) is 5.75 Å². The number of aromatic nitrogens is 1. The molecular weight excluding hydrogens is 276 g/mol. The van der Waals surface area contributed by atoms with E-state index in [9.17, 15) is 14.9 Å². The number of nitro groups is 1. The number of nitrogens with zero attached hydrogens (tertiary/aromatic N) is 1. The number of rotatable bonds is 6. The fourth-order valence-electron chi connectivity index (χ4n) is 1.66. The molecule has 2 aromatic rings. The van der Waals surface area contributed by atoms with Crippen molar-refractivity contribution < 1.29 is 14.5 Å². The van der Waals surface area contributed by atoms with Crippen molar-refractivity contribution in [3.8, 4) is 5.75 Å². The van der Waals surface area contributed by atoms with Gasteiger partial charge in [0.25, 0.3) is 5.91 Å². The van der Waals surface area contributed by atoms with Gasteiger partial charge in [0.1, 0.15) is 12.4 Å². The van der Waals surface area contributed by atoms with Crippen molar-refractivity contribution in [3.63, 3.8) is 0 Å². The highest BCUT2D eigenvalue weighted by Crippen LogP contribution is 2.14. The van der Waals surface area contributed by atoms with Crippen molar-refractivity contribution in [2.75, 3.05) is 18.9 Å². The monoisotopic (exact) mass is 290 g/mol. The zero-order valence-electron chi connectivity index (χ0n) is 11.0. The van der Waals surface area contributed by atoms with Crippen LogP contribution in [-0.2, 0) is 0 Å². The molecule has 0 radical (unpaired) electrons. The molecule has 0 aliphatic heterocycles. The summed E-state index contributed by atoms with van der Waals surface area (Å²) < 4.78 is 5.40. The first kappa shape index (κ1) is 14.4. The van der Waals surface area contributed by atoms with Crippen LogP contribution in [0.25, 0.3) is 0 Å². The summed E-state index contributed by atoms with van der Waals surface area (Å²) in [5.74, 6) is -0.0461. The van der Waals surface area contributed by atoms with Gasteiger partial charge in [0, 0.05) is 17.8 Å². The number of aromatic amines is 1. The summed E-state index contributed by atoms with van der Waals surface area (Å²) in [7, 11) is 0. The molecule has 4 N–H and O–H groups in total. The Hall–Kier alpha value is -3.03. The van der Waals surface area contributed by atoms with E-state index in [2.05, 4.69) is 10.3 Å². The van der Waals surface area contributed by atoms with Crippen molar-refractivity contribution in [2.45, 2.75) is 0 Å². The summed E-state index contributed by atoms with van der Waals surface area (Å²) in [4.78, 5) is 24.0. The van der Waals surface area contributed by atoms with Crippen LogP contribution in [0.1, 0.15) is 10.5 Å². The van der Waals surface area contributed by atoms with Gasteiger partial charge in [-0.2, -0.15) is 0 Å². The first-order chi connectivity index (χ1) is 10.1. The molecule has 8 heteroatoms. The van der Waals surface area contributed by atoms with E-state index in [1.165, 1.54) is 12.1 Å². The van der Waals surface area contributed by atoms with Gasteiger partial charge in [-0.25, -0.2) is 4.98 Å². The Morgan fingerprint density at radius 2 is 2.19 bits per heavy atom. The highest BCUT2D eigenvalue weighted by molar-refractivity contribution is 5.92. The Bertz CT molecular complexity index is 653. The van der Waals surface area contributed by atoms with Crippen molar-refractivity contribution in [1.82, 2.24) is 10.3 Å². The maximum Gasteiger partial charge on any atom is 0.321 e. The highest BCUT2D eigenvalue weighted by Gasteiger charge is 2.14. The zero-order valence-corrected chi connectivity index (χ0v) is 11.0. The highest BCUT2D eigenvalue weighted by atomic mass is 16.6. The van der Waals surface area contributed by atoms with E-state index in [1.807, 2.05) is 0 Å². The van der Waals surface area contributed by atoms with Crippen molar-refractivity contribution in [3.05, 3.63) is 52.2 Å². The Morgan fingerprint density at radius 1 is 1.38 bits per heavy atom. The quantitative estimate of drug-likeness (QED) is 0.320. The summed E-state index contributed by atoms with van der Waals surface area (Å²) in [6.45, 7) is 0.526. The summed E-state index contributed by atoms with van der Waals surface area (Å²) >= 11 is 0. The molecule has 8 nitrogen and oxygen atoms in total. The molecule has 0 bridgehead atoms. The molecule has 0 unspecified atom stereocenters. The van der Waals surface area contributed by atoms with E-state index in [1.54, 1.807) is 24.3 Å². The van der Waals surface area contributed by atoms with Crippen LogP contribution in [0.4, 0.5) is 11.5 Å². The minimum absolute atomic E-state index is 0.130. The lowest BCUT2D eigenvalue weighted by Gasteiger charge is -2.07. The number of nitrogens with one attached hydrogen (secondary N) is 2. The number of carbonyl (C=O) groups excluding carboxylic acids is 1. The molecule has 0 atom stereocenters.